The minimum Gasteiger partial charge on any atom is -0.593 e. The smallest absolute Gasteiger partial charge is 0.173 e. The molecule has 2 rings (SSSR count). The van der Waals surface area contributed by atoms with Gasteiger partial charge in [0.05, 0.1) is 17.4 Å². The third-order valence-electron chi connectivity index (χ3n) is 4.32. The van der Waals surface area contributed by atoms with Gasteiger partial charge in [0.15, 0.2) is 4.90 Å². The summed E-state index contributed by atoms with van der Waals surface area (Å²) in [5.74, 6) is 0.285. The van der Waals surface area contributed by atoms with Crippen LogP contribution in [0.25, 0.3) is 0 Å². The Hall–Kier alpha value is -1.02. The molecule has 1 saturated carbocycles. The number of benzene rings is 1. The highest BCUT2D eigenvalue weighted by atomic mass is 32.2. The minimum absolute atomic E-state index is 0.283. The fourth-order valence-corrected chi connectivity index (χ4v) is 4.11. The van der Waals surface area contributed by atoms with Gasteiger partial charge in [0, 0.05) is 0 Å². The molecule has 1 aliphatic carbocycles. The maximum atomic E-state index is 12.4. The monoisotopic (exact) mass is 304 g/mol. The molecule has 3 atom stereocenters. The van der Waals surface area contributed by atoms with E-state index in [-0.39, 0.29) is 17.4 Å². The predicted molar refractivity (Wildman–Crippen MR) is 85.9 cm³/mol. The maximum absolute atomic E-state index is 12.4. The fourth-order valence-electron chi connectivity index (χ4n) is 3.11. The Morgan fingerprint density at radius 3 is 2.62 bits per heavy atom. The van der Waals surface area contributed by atoms with Crippen molar-refractivity contribution in [3.05, 3.63) is 29.8 Å². The average Bonchev–Trinajstić information content (AvgIpc) is 2.44. The molecule has 4 heteroatoms. The van der Waals surface area contributed by atoms with Crippen LogP contribution in [-0.4, -0.2) is 10.6 Å². The number of hydrogen-bond donors (Lipinski definition) is 1. The number of aryl methyl sites for hydroxylation is 1. The molecule has 0 amide bonds. The second-order valence-electron chi connectivity index (χ2n) is 6.83. The molecule has 1 aromatic rings. The van der Waals surface area contributed by atoms with Crippen LogP contribution in [0.3, 0.4) is 0 Å². The highest BCUT2D eigenvalue weighted by Gasteiger charge is 2.35. The Kier molecular flexibility index (Phi) is 5.32. The SMILES string of the molecule is Cc1ccc([S@+]([O-])N[C@H](C#N)[C@@H]2CCCC(C)(C)C2)cc1. The molecule has 0 aromatic heterocycles. The zero-order valence-electron chi connectivity index (χ0n) is 13.1. The fraction of sp³-hybridized carbons (Fsp3) is 0.588. The van der Waals surface area contributed by atoms with Crippen LogP contribution in [-0.2, 0) is 11.4 Å². The first-order valence-corrected chi connectivity index (χ1v) is 8.70. The van der Waals surface area contributed by atoms with E-state index >= 15 is 0 Å². The molecule has 1 aromatic carbocycles. The van der Waals surface area contributed by atoms with Crippen molar-refractivity contribution >= 4 is 11.4 Å². The van der Waals surface area contributed by atoms with Crippen molar-refractivity contribution in [1.29, 1.82) is 5.26 Å². The van der Waals surface area contributed by atoms with Gasteiger partial charge in [-0.15, -0.1) is 4.72 Å². The molecule has 114 valence electrons. The zero-order valence-corrected chi connectivity index (χ0v) is 13.9. The lowest BCUT2D eigenvalue weighted by molar-refractivity contribution is 0.168. The van der Waals surface area contributed by atoms with E-state index in [0.717, 1.165) is 29.7 Å². The number of nitriles is 1. The van der Waals surface area contributed by atoms with Crippen molar-refractivity contribution in [3.8, 4) is 6.07 Å². The van der Waals surface area contributed by atoms with E-state index < -0.39 is 11.4 Å². The molecule has 0 unspecified atom stereocenters. The number of nitrogens with zero attached hydrogens (tertiary/aromatic N) is 1. The number of rotatable bonds is 4. The number of hydrogen-bond acceptors (Lipinski definition) is 3. The summed E-state index contributed by atoms with van der Waals surface area (Å²) in [6.07, 6.45) is 4.42. The first-order valence-electron chi connectivity index (χ1n) is 7.55. The summed E-state index contributed by atoms with van der Waals surface area (Å²) in [4.78, 5) is 0.732. The summed E-state index contributed by atoms with van der Waals surface area (Å²) < 4.78 is 15.4. The molecule has 21 heavy (non-hydrogen) atoms. The molecular formula is C17H24N2OS. The van der Waals surface area contributed by atoms with Crippen LogP contribution in [0.15, 0.2) is 29.2 Å². The summed E-state index contributed by atoms with van der Waals surface area (Å²) in [6.45, 7) is 6.51. The Balaban J connectivity index is 2.02. The predicted octanol–water partition coefficient (Wildman–Crippen LogP) is 3.72. The topological polar surface area (TPSA) is 58.9 Å². The van der Waals surface area contributed by atoms with Gasteiger partial charge in [0.2, 0.25) is 0 Å². The van der Waals surface area contributed by atoms with Crippen molar-refractivity contribution in [2.75, 3.05) is 0 Å². The van der Waals surface area contributed by atoms with Gasteiger partial charge in [-0.05, 0) is 49.7 Å². The van der Waals surface area contributed by atoms with Crippen LogP contribution in [0.2, 0.25) is 0 Å². The Morgan fingerprint density at radius 1 is 1.38 bits per heavy atom. The lowest BCUT2D eigenvalue weighted by Gasteiger charge is -2.36. The summed E-state index contributed by atoms with van der Waals surface area (Å²) >= 11 is -1.32. The van der Waals surface area contributed by atoms with Gasteiger partial charge in [0.1, 0.15) is 6.04 Å². The van der Waals surface area contributed by atoms with Crippen molar-refractivity contribution in [3.63, 3.8) is 0 Å². The van der Waals surface area contributed by atoms with E-state index in [9.17, 15) is 9.81 Å². The standard InChI is InChI=1S/C17H24N2OS/c1-13-6-8-15(9-7-13)21(20)19-16(12-18)14-5-4-10-17(2,3)11-14/h6-9,14,16,19H,4-5,10-11H2,1-3H3/t14-,16-,21+/m1/s1. The van der Waals surface area contributed by atoms with E-state index in [2.05, 4.69) is 24.6 Å². The minimum atomic E-state index is -1.32. The molecule has 1 aliphatic rings. The molecule has 0 saturated heterocycles. The third-order valence-corrected chi connectivity index (χ3v) is 5.49. The van der Waals surface area contributed by atoms with E-state index in [1.165, 1.54) is 6.42 Å². The number of nitrogens with one attached hydrogen (secondary N) is 1. The van der Waals surface area contributed by atoms with Crippen LogP contribution in [0.5, 0.6) is 0 Å². The Bertz CT molecular complexity index is 507. The third kappa shape index (κ3) is 4.47. The lowest BCUT2D eigenvalue weighted by atomic mass is 9.70. The van der Waals surface area contributed by atoms with Gasteiger partial charge in [-0.1, -0.05) is 38.0 Å². The molecule has 3 nitrogen and oxygen atoms in total. The molecule has 0 heterocycles. The largest absolute Gasteiger partial charge is 0.593 e. The molecule has 1 N–H and O–H groups in total. The van der Waals surface area contributed by atoms with Crippen LogP contribution in [0.1, 0.15) is 45.1 Å². The van der Waals surface area contributed by atoms with E-state index in [4.69, 9.17) is 0 Å². The van der Waals surface area contributed by atoms with Gasteiger partial charge in [-0.2, -0.15) is 5.26 Å². The van der Waals surface area contributed by atoms with Gasteiger partial charge in [-0.25, -0.2) is 0 Å². The average molecular weight is 304 g/mol. The highest BCUT2D eigenvalue weighted by molar-refractivity contribution is 7.89. The van der Waals surface area contributed by atoms with Crippen LogP contribution >= 0.6 is 0 Å². The summed E-state index contributed by atoms with van der Waals surface area (Å²) in [5, 5.41) is 9.44. The maximum Gasteiger partial charge on any atom is 0.173 e. The molecule has 1 fully saturated rings. The normalized spacial score (nSPS) is 24.0. The second-order valence-corrected chi connectivity index (χ2v) is 8.07. The van der Waals surface area contributed by atoms with E-state index in [1.807, 2.05) is 31.2 Å². The van der Waals surface area contributed by atoms with Crippen molar-refractivity contribution in [2.24, 2.45) is 11.3 Å². The van der Waals surface area contributed by atoms with Gasteiger partial charge in [-0.3, -0.25) is 0 Å². The Morgan fingerprint density at radius 2 is 2.05 bits per heavy atom. The van der Waals surface area contributed by atoms with Crippen molar-refractivity contribution < 1.29 is 4.55 Å². The molecular weight excluding hydrogens is 280 g/mol. The lowest BCUT2D eigenvalue weighted by Crippen LogP contribution is -2.42. The summed E-state index contributed by atoms with van der Waals surface area (Å²) in [5.41, 5.74) is 1.42. The van der Waals surface area contributed by atoms with Gasteiger partial charge < -0.3 is 4.55 Å². The first kappa shape index (κ1) is 16.4. The van der Waals surface area contributed by atoms with Crippen LogP contribution < -0.4 is 4.72 Å². The molecule has 0 bridgehead atoms. The summed E-state index contributed by atoms with van der Waals surface area (Å²) in [6, 6.07) is 9.58. The Labute approximate surface area is 131 Å². The van der Waals surface area contributed by atoms with E-state index in [0.29, 0.717) is 0 Å². The molecule has 0 radical (unpaired) electrons. The van der Waals surface area contributed by atoms with E-state index in [1.54, 1.807) is 0 Å². The highest BCUT2D eigenvalue weighted by Crippen LogP contribution is 2.40. The summed E-state index contributed by atoms with van der Waals surface area (Å²) in [7, 11) is 0. The second kappa shape index (κ2) is 6.83. The van der Waals surface area contributed by atoms with Crippen LogP contribution in [0.4, 0.5) is 0 Å². The zero-order chi connectivity index (χ0) is 15.5. The molecule has 0 aliphatic heterocycles. The van der Waals surface area contributed by atoms with Crippen LogP contribution in [0, 0.1) is 29.6 Å². The van der Waals surface area contributed by atoms with Gasteiger partial charge >= 0.3 is 0 Å². The quantitative estimate of drug-likeness (QED) is 0.863. The van der Waals surface area contributed by atoms with Gasteiger partial charge in [0.25, 0.3) is 0 Å². The van der Waals surface area contributed by atoms with Crippen molar-refractivity contribution in [1.82, 2.24) is 4.72 Å². The molecule has 0 spiro atoms. The van der Waals surface area contributed by atoms with Crippen molar-refractivity contribution in [2.45, 2.75) is 57.4 Å². The first-order chi connectivity index (χ1) is 9.91.